The standard InChI is InChI=1S/C13H16BrFO/c1-9(8-14)2-4-12-7-10-6-11(15)3-5-13(10)16-12/h3,5-6,9,12H,2,4,7-8H2,1H3. The molecule has 2 atom stereocenters. The van der Waals surface area contributed by atoms with E-state index in [1.807, 2.05) is 0 Å². The number of hydrogen-bond acceptors (Lipinski definition) is 1. The first-order chi connectivity index (χ1) is 7.69. The van der Waals surface area contributed by atoms with Gasteiger partial charge in [-0.2, -0.15) is 0 Å². The van der Waals surface area contributed by atoms with Gasteiger partial charge in [-0.25, -0.2) is 4.39 Å². The number of fused-ring (bicyclic) bond motifs is 1. The van der Waals surface area contributed by atoms with Crippen molar-refractivity contribution >= 4 is 15.9 Å². The molecule has 0 saturated heterocycles. The number of alkyl halides is 1. The summed E-state index contributed by atoms with van der Waals surface area (Å²) in [7, 11) is 0. The molecule has 1 aliphatic rings. The predicted octanol–water partition coefficient (Wildman–Crippen LogP) is 3.94. The highest BCUT2D eigenvalue weighted by Crippen LogP contribution is 2.31. The van der Waals surface area contributed by atoms with Crippen molar-refractivity contribution in [1.82, 2.24) is 0 Å². The van der Waals surface area contributed by atoms with E-state index in [1.165, 1.54) is 6.07 Å². The Morgan fingerprint density at radius 2 is 2.38 bits per heavy atom. The second-order valence-corrected chi connectivity index (χ2v) is 5.18. The molecule has 1 aromatic carbocycles. The van der Waals surface area contributed by atoms with Crippen molar-refractivity contribution < 1.29 is 9.13 Å². The van der Waals surface area contributed by atoms with Gasteiger partial charge in [-0.3, -0.25) is 0 Å². The van der Waals surface area contributed by atoms with Crippen molar-refractivity contribution in [3.8, 4) is 5.75 Å². The molecule has 16 heavy (non-hydrogen) atoms. The van der Waals surface area contributed by atoms with Crippen LogP contribution in [0.2, 0.25) is 0 Å². The molecule has 1 aliphatic heterocycles. The van der Waals surface area contributed by atoms with Gasteiger partial charge in [-0.15, -0.1) is 0 Å². The van der Waals surface area contributed by atoms with Crippen LogP contribution in [0.1, 0.15) is 25.3 Å². The summed E-state index contributed by atoms with van der Waals surface area (Å²) in [5, 5.41) is 1.03. The molecule has 0 bridgehead atoms. The second-order valence-electron chi connectivity index (χ2n) is 4.53. The van der Waals surface area contributed by atoms with Crippen LogP contribution < -0.4 is 4.74 Å². The molecule has 1 aromatic rings. The van der Waals surface area contributed by atoms with Crippen LogP contribution in [-0.2, 0) is 6.42 Å². The van der Waals surface area contributed by atoms with Crippen molar-refractivity contribution in [1.29, 1.82) is 0 Å². The Labute approximate surface area is 104 Å². The molecule has 0 radical (unpaired) electrons. The van der Waals surface area contributed by atoms with E-state index in [-0.39, 0.29) is 11.9 Å². The molecule has 0 N–H and O–H groups in total. The number of halogens is 2. The summed E-state index contributed by atoms with van der Waals surface area (Å²) >= 11 is 3.47. The molecule has 0 amide bonds. The number of ether oxygens (including phenoxy) is 1. The highest BCUT2D eigenvalue weighted by Gasteiger charge is 2.23. The van der Waals surface area contributed by atoms with Crippen molar-refractivity contribution in [2.75, 3.05) is 5.33 Å². The number of hydrogen-bond donors (Lipinski definition) is 0. The summed E-state index contributed by atoms with van der Waals surface area (Å²) in [6.45, 7) is 2.22. The fourth-order valence-electron chi connectivity index (χ4n) is 2.00. The molecule has 88 valence electrons. The molecule has 2 unspecified atom stereocenters. The topological polar surface area (TPSA) is 9.23 Å². The van der Waals surface area contributed by atoms with Gasteiger partial charge in [0.15, 0.2) is 0 Å². The van der Waals surface area contributed by atoms with Crippen LogP contribution >= 0.6 is 15.9 Å². The predicted molar refractivity (Wildman–Crippen MR) is 66.7 cm³/mol. The Hall–Kier alpha value is -0.570. The summed E-state index contributed by atoms with van der Waals surface area (Å²) in [6.07, 6.45) is 3.27. The zero-order valence-corrected chi connectivity index (χ0v) is 11.0. The molecule has 0 spiro atoms. The van der Waals surface area contributed by atoms with Crippen molar-refractivity contribution in [2.24, 2.45) is 5.92 Å². The summed E-state index contributed by atoms with van der Waals surface area (Å²) in [5.74, 6) is 1.36. The zero-order valence-electron chi connectivity index (χ0n) is 9.38. The van der Waals surface area contributed by atoms with Gasteiger partial charge in [0.2, 0.25) is 0 Å². The van der Waals surface area contributed by atoms with Crippen LogP contribution in [0, 0.1) is 11.7 Å². The molecule has 0 aliphatic carbocycles. The van der Waals surface area contributed by atoms with Gasteiger partial charge in [0, 0.05) is 17.3 Å². The lowest BCUT2D eigenvalue weighted by atomic mass is 10.0. The maximum Gasteiger partial charge on any atom is 0.123 e. The van der Waals surface area contributed by atoms with Gasteiger partial charge in [0.25, 0.3) is 0 Å². The minimum Gasteiger partial charge on any atom is -0.490 e. The second kappa shape index (κ2) is 5.17. The average molecular weight is 287 g/mol. The van der Waals surface area contributed by atoms with Gasteiger partial charge >= 0.3 is 0 Å². The van der Waals surface area contributed by atoms with E-state index in [1.54, 1.807) is 12.1 Å². The third kappa shape index (κ3) is 2.76. The third-order valence-electron chi connectivity index (χ3n) is 3.01. The zero-order chi connectivity index (χ0) is 11.5. The van der Waals surface area contributed by atoms with E-state index in [9.17, 15) is 4.39 Å². The maximum absolute atomic E-state index is 13.0. The summed E-state index contributed by atoms with van der Waals surface area (Å²) < 4.78 is 18.8. The summed E-state index contributed by atoms with van der Waals surface area (Å²) in [5.41, 5.74) is 1.01. The number of rotatable bonds is 4. The first-order valence-electron chi connectivity index (χ1n) is 5.70. The summed E-state index contributed by atoms with van der Waals surface area (Å²) in [4.78, 5) is 0. The number of benzene rings is 1. The van der Waals surface area contributed by atoms with Gasteiger partial charge in [0.05, 0.1) is 0 Å². The van der Waals surface area contributed by atoms with Gasteiger partial charge in [-0.05, 0) is 37.0 Å². The van der Waals surface area contributed by atoms with Crippen LogP contribution in [0.15, 0.2) is 18.2 Å². The lowest BCUT2D eigenvalue weighted by Crippen LogP contribution is -2.14. The molecule has 1 nitrogen and oxygen atoms in total. The minimum atomic E-state index is -0.170. The van der Waals surface area contributed by atoms with Gasteiger partial charge < -0.3 is 4.74 Å². The van der Waals surface area contributed by atoms with Crippen molar-refractivity contribution in [2.45, 2.75) is 32.3 Å². The van der Waals surface area contributed by atoms with Gasteiger partial charge in [-0.1, -0.05) is 22.9 Å². The van der Waals surface area contributed by atoms with Crippen LogP contribution in [0.25, 0.3) is 0 Å². The highest BCUT2D eigenvalue weighted by atomic mass is 79.9. The molecule has 0 saturated carbocycles. The lowest BCUT2D eigenvalue weighted by molar-refractivity contribution is 0.211. The van der Waals surface area contributed by atoms with Gasteiger partial charge in [0.1, 0.15) is 17.7 Å². The Kier molecular flexibility index (Phi) is 3.85. The maximum atomic E-state index is 13.0. The minimum absolute atomic E-state index is 0.170. The Morgan fingerprint density at radius 1 is 1.56 bits per heavy atom. The normalized spacial score (nSPS) is 20.3. The van der Waals surface area contributed by atoms with Crippen molar-refractivity contribution in [3.63, 3.8) is 0 Å². The fraction of sp³-hybridized carbons (Fsp3) is 0.538. The van der Waals surface area contributed by atoms with Crippen LogP contribution in [0.3, 0.4) is 0 Å². The summed E-state index contributed by atoms with van der Waals surface area (Å²) in [6, 6.07) is 4.78. The van der Waals surface area contributed by atoms with Crippen LogP contribution in [0.4, 0.5) is 4.39 Å². The third-order valence-corrected chi connectivity index (χ3v) is 4.11. The Bertz CT molecular complexity index is 367. The van der Waals surface area contributed by atoms with E-state index in [4.69, 9.17) is 4.74 Å². The largest absolute Gasteiger partial charge is 0.490 e. The van der Waals surface area contributed by atoms with E-state index in [0.29, 0.717) is 5.92 Å². The highest BCUT2D eigenvalue weighted by molar-refractivity contribution is 9.09. The molecule has 2 rings (SSSR count). The molecule has 0 fully saturated rings. The first kappa shape index (κ1) is 11.9. The van der Waals surface area contributed by atoms with E-state index >= 15 is 0 Å². The van der Waals surface area contributed by atoms with Crippen molar-refractivity contribution in [3.05, 3.63) is 29.6 Å². The lowest BCUT2D eigenvalue weighted by Gasteiger charge is -2.12. The Balaban J connectivity index is 1.90. The van der Waals surface area contributed by atoms with E-state index < -0.39 is 0 Å². The molecular formula is C13H16BrFO. The fourth-order valence-corrected chi connectivity index (χ4v) is 2.32. The Morgan fingerprint density at radius 3 is 3.12 bits per heavy atom. The molecule has 3 heteroatoms. The van der Waals surface area contributed by atoms with E-state index in [2.05, 4.69) is 22.9 Å². The SMILES string of the molecule is CC(CBr)CCC1Cc2cc(F)ccc2O1. The van der Waals surface area contributed by atoms with Crippen LogP contribution in [0.5, 0.6) is 5.75 Å². The van der Waals surface area contributed by atoms with Crippen LogP contribution in [-0.4, -0.2) is 11.4 Å². The monoisotopic (exact) mass is 286 g/mol. The molecule has 0 aromatic heterocycles. The smallest absolute Gasteiger partial charge is 0.123 e. The quantitative estimate of drug-likeness (QED) is 0.762. The van der Waals surface area contributed by atoms with E-state index in [0.717, 1.165) is 35.9 Å². The molecular weight excluding hydrogens is 271 g/mol. The molecule has 1 heterocycles. The average Bonchev–Trinajstić information content (AvgIpc) is 2.67. The first-order valence-corrected chi connectivity index (χ1v) is 6.82.